The highest BCUT2D eigenvalue weighted by molar-refractivity contribution is 5.46. The number of nitrogens with zero attached hydrogens (tertiary/aromatic N) is 1. The van der Waals surface area contributed by atoms with Crippen LogP contribution in [-0.4, -0.2) is 10.5 Å². The zero-order valence-electron chi connectivity index (χ0n) is 7.17. The molecule has 64 valence electrons. The molecule has 1 aromatic heterocycles. The van der Waals surface area contributed by atoms with E-state index in [-0.39, 0.29) is 0 Å². The maximum absolute atomic E-state index is 5.52. The average Bonchev–Trinajstić information content (AvgIpc) is 2.74. The summed E-state index contributed by atoms with van der Waals surface area (Å²) in [5.74, 6) is 0.921. The number of nitrogens with two attached hydrogens (primary N) is 1. The van der Waals surface area contributed by atoms with Gasteiger partial charge in [-0.05, 0) is 31.9 Å². The number of pyridine rings is 1. The Morgan fingerprint density at radius 3 is 2.75 bits per heavy atom. The number of nitrogens with one attached hydrogen (secondary N) is 1. The van der Waals surface area contributed by atoms with E-state index >= 15 is 0 Å². The monoisotopic (exact) mass is 163 g/mol. The van der Waals surface area contributed by atoms with Gasteiger partial charge in [-0.2, -0.15) is 0 Å². The van der Waals surface area contributed by atoms with Crippen molar-refractivity contribution in [2.45, 2.75) is 25.3 Å². The van der Waals surface area contributed by atoms with Gasteiger partial charge in [0.05, 0.1) is 11.9 Å². The molecule has 0 amide bonds. The third kappa shape index (κ3) is 1.49. The van der Waals surface area contributed by atoms with Crippen molar-refractivity contribution >= 4 is 11.5 Å². The van der Waals surface area contributed by atoms with Gasteiger partial charge in [0.2, 0.25) is 0 Å². The van der Waals surface area contributed by atoms with Crippen molar-refractivity contribution in [2.75, 3.05) is 11.1 Å². The molecule has 0 bridgehead atoms. The minimum absolute atomic E-state index is 0.295. The van der Waals surface area contributed by atoms with Crippen molar-refractivity contribution in [2.24, 2.45) is 0 Å². The molecule has 0 aliphatic heterocycles. The first-order valence-corrected chi connectivity index (χ1v) is 4.18. The van der Waals surface area contributed by atoms with Crippen LogP contribution in [0, 0.1) is 0 Å². The minimum Gasteiger partial charge on any atom is -0.397 e. The summed E-state index contributed by atoms with van der Waals surface area (Å²) in [6.45, 7) is 2.20. The lowest BCUT2D eigenvalue weighted by molar-refractivity contribution is 0.821. The number of hydrogen-bond donors (Lipinski definition) is 2. The standard InChI is InChI=1S/C9H13N3/c1-9(4-5-9)12-8-3-2-7(10)6-11-8/h2-3,6H,4-5,10H2,1H3,(H,11,12). The molecule has 0 saturated heterocycles. The lowest BCUT2D eigenvalue weighted by atomic mass is 10.3. The predicted molar refractivity (Wildman–Crippen MR) is 49.9 cm³/mol. The summed E-state index contributed by atoms with van der Waals surface area (Å²) < 4.78 is 0. The normalized spacial score (nSPS) is 18.8. The van der Waals surface area contributed by atoms with Crippen LogP contribution in [0.4, 0.5) is 11.5 Å². The molecule has 3 heteroatoms. The van der Waals surface area contributed by atoms with Crippen molar-refractivity contribution in [1.29, 1.82) is 0 Å². The van der Waals surface area contributed by atoms with E-state index in [4.69, 9.17) is 5.73 Å². The highest BCUT2D eigenvalue weighted by atomic mass is 15.1. The summed E-state index contributed by atoms with van der Waals surface area (Å²) in [6, 6.07) is 3.78. The largest absolute Gasteiger partial charge is 0.397 e. The number of hydrogen-bond acceptors (Lipinski definition) is 3. The Bertz CT molecular complexity index is 274. The van der Waals surface area contributed by atoms with Crippen LogP contribution in [0.1, 0.15) is 19.8 Å². The van der Waals surface area contributed by atoms with E-state index in [2.05, 4.69) is 17.2 Å². The van der Waals surface area contributed by atoms with E-state index < -0.39 is 0 Å². The molecular weight excluding hydrogens is 150 g/mol. The second kappa shape index (κ2) is 2.37. The molecule has 0 unspecified atom stereocenters. The highest BCUT2D eigenvalue weighted by Crippen LogP contribution is 2.37. The maximum Gasteiger partial charge on any atom is 0.126 e. The van der Waals surface area contributed by atoms with E-state index in [9.17, 15) is 0 Å². The first kappa shape index (κ1) is 7.40. The summed E-state index contributed by atoms with van der Waals surface area (Å²) in [4.78, 5) is 4.17. The highest BCUT2D eigenvalue weighted by Gasteiger charge is 2.37. The quantitative estimate of drug-likeness (QED) is 0.696. The molecule has 1 aromatic rings. The van der Waals surface area contributed by atoms with Crippen LogP contribution in [0.2, 0.25) is 0 Å². The summed E-state index contributed by atoms with van der Waals surface area (Å²) in [7, 11) is 0. The molecule has 1 aliphatic rings. The third-order valence-corrected chi connectivity index (χ3v) is 2.22. The van der Waals surface area contributed by atoms with E-state index in [1.165, 1.54) is 12.8 Å². The number of aromatic nitrogens is 1. The number of nitrogen functional groups attached to an aromatic ring is 1. The minimum atomic E-state index is 0.295. The Labute approximate surface area is 72.0 Å². The van der Waals surface area contributed by atoms with Crippen molar-refractivity contribution < 1.29 is 0 Å². The van der Waals surface area contributed by atoms with Crippen molar-refractivity contribution in [3.63, 3.8) is 0 Å². The van der Waals surface area contributed by atoms with Crippen LogP contribution < -0.4 is 11.1 Å². The van der Waals surface area contributed by atoms with Gasteiger partial charge in [0.25, 0.3) is 0 Å². The van der Waals surface area contributed by atoms with Crippen molar-refractivity contribution in [1.82, 2.24) is 4.98 Å². The second-order valence-electron chi connectivity index (χ2n) is 3.66. The lowest BCUT2D eigenvalue weighted by Gasteiger charge is -2.11. The second-order valence-corrected chi connectivity index (χ2v) is 3.66. The van der Waals surface area contributed by atoms with Crippen LogP contribution in [0.15, 0.2) is 18.3 Å². The van der Waals surface area contributed by atoms with Gasteiger partial charge in [0.1, 0.15) is 5.82 Å². The molecule has 1 aliphatic carbocycles. The van der Waals surface area contributed by atoms with Crippen LogP contribution >= 0.6 is 0 Å². The summed E-state index contributed by atoms with van der Waals surface area (Å²) in [6.07, 6.45) is 4.15. The number of anilines is 2. The van der Waals surface area contributed by atoms with Crippen LogP contribution in [0.25, 0.3) is 0 Å². The molecule has 2 rings (SSSR count). The van der Waals surface area contributed by atoms with Crippen LogP contribution in [0.5, 0.6) is 0 Å². The summed E-state index contributed by atoms with van der Waals surface area (Å²) in [5, 5.41) is 3.35. The molecule has 0 atom stereocenters. The fraction of sp³-hybridized carbons (Fsp3) is 0.444. The smallest absolute Gasteiger partial charge is 0.126 e. The van der Waals surface area contributed by atoms with E-state index in [0.29, 0.717) is 11.2 Å². The van der Waals surface area contributed by atoms with E-state index in [0.717, 1.165) is 5.82 Å². The SMILES string of the molecule is CC1(Nc2ccc(N)cn2)CC1. The molecule has 1 saturated carbocycles. The zero-order chi connectivity index (χ0) is 8.60. The lowest BCUT2D eigenvalue weighted by Crippen LogP contribution is -2.16. The fourth-order valence-corrected chi connectivity index (χ4v) is 1.10. The van der Waals surface area contributed by atoms with Gasteiger partial charge < -0.3 is 11.1 Å². The van der Waals surface area contributed by atoms with E-state index in [1.807, 2.05) is 12.1 Å². The molecular formula is C9H13N3. The van der Waals surface area contributed by atoms with Crippen molar-refractivity contribution in [3.8, 4) is 0 Å². The maximum atomic E-state index is 5.52. The Hall–Kier alpha value is -1.25. The molecule has 0 radical (unpaired) electrons. The topological polar surface area (TPSA) is 50.9 Å². The van der Waals surface area contributed by atoms with Gasteiger partial charge in [0.15, 0.2) is 0 Å². The molecule has 3 nitrogen and oxygen atoms in total. The fourth-order valence-electron chi connectivity index (χ4n) is 1.10. The molecule has 12 heavy (non-hydrogen) atoms. The van der Waals surface area contributed by atoms with Gasteiger partial charge in [0, 0.05) is 5.54 Å². The number of rotatable bonds is 2. The Morgan fingerprint density at radius 1 is 1.50 bits per heavy atom. The average molecular weight is 163 g/mol. The Morgan fingerprint density at radius 2 is 2.25 bits per heavy atom. The first-order chi connectivity index (χ1) is 5.68. The third-order valence-electron chi connectivity index (χ3n) is 2.22. The predicted octanol–water partition coefficient (Wildman–Crippen LogP) is 1.63. The molecule has 1 heterocycles. The molecule has 0 spiro atoms. The Kier molecular flexibility index (Phi) is 1.46. The van der Waals surface area contributed by atoms with Crippen molar-refractivity contribution in [3.05, 3.63) is 18.3 Å². The summed E-state index contributed by atoms with van der Waals surface area (Å²) in [5.41, 5.74) is 6.52. The van der Waals surface area contributed by atoms with Gasteiger partial charge >= 0.3 is 0 Å². The first-order valence-electron chi connectivity index (χ1n) is 4.18. The van der Waals surface area contributed by atoms with Crippen LogP contribution in [-0.2, 0) is 0 Å². The zero-order valence-corrected chi connectivity index (χ0v) is 7.17. The molecule has 3 N–H and O–H groups in total. The molecule has 0 aromatic carbocycles. The van der Waals surface area contributed by atoms with Gasteiger partial charge in [-0.3, -0.25) is 0 Å². The Balaban J connectivity index is 2.08. The molecule has 1 fully saturated rings. The van der Waals surface area contributed by atoms with Gasteiger partial charge in [-0.15, -0.1) is 0 Å². The van der Waals surface area contributed by atoms with E-state index in [1.54, 1.807) is 6.20 Å². The van der Waals surface area contributed by atoms with Gasteiger partial charge in [-0.25, -0.2) is 4.98 Å². The summed E-state index contributed by atoms with van der Waals surface area (Å²) >= 11 is 0. The van der Waals surface area contributed by atoms with Crippen LogP contribution in [0.3, 0.4) is 0 Å². The van der Waals surface area contributed by atoms with Gasteiger partial charge in [-0.1, -0.05) is 0 Å².